The Balaban J connectivity index is 2.16. The van der Waals surface area contributed by atoms with Crippen molar-refractivity contribution in [3.05, 3.63) is 70.3 Å². The van der Waals surface area contributed by atoms with E-state index in [-0.39, 0.29) is 16.7 Å². The van der Waals surface area contributed by atoms with Gasteiger partial charge < -0.3 is 5.32 Å². The van der Waals surface area contributed by atoms with E-state index in [1.54, 1.807) is 12.1 Å². The summed E-state index contributed by atoms with van der Waals surface area (Å²) in [5, 5.41) is 14.0. The number of hydrogen-bond acceptors (Lipinski definition) is 3. The number of hydrogen-bond donors (Lipinski definition) is 1. The van der Waals surface area contributed by atoms with E-state index in [1.165, 1.54) is 6.07 Å². The number of rotatable bonds is 4. The van der Waals surface area contributed by atoms with Gasteiger partial charge in [0.05, 0.1) is 4.92 Å². The first-order chi connectivity index (χ1) is 8.66. The summed E-state index contributed by atoms with van der Waals surface area (Å²) in [5.74, 6) is 0. The third-order valence-electron chi connectivity index (χ3n) is 2.74. The van der Waals surface area contributed by atoms with Crippen LogP contribution in [0.25, 0.3) is 0 Å². The van der Waals surface area contributed by atoms with E-state index in [2.05, 4.69) is 5.32 Å². The summed E-state index contributed by atoms with van der Waals surface area (Å²) < 4.78 is 0. The minimum absolute atomic E-state index is 0.0206. The van der Waals surface area contributed by atoms with Gasteiger partial charge in [-0.1, -0.05) is 30.3 Å². The highest BCUT2D eigenvalue weighted by atomic mass is 16.6. The molecule has 1 atom stereocenters. The molecule has 0 saturated carbocycles. The quantitative estimate of drug-likeness (QED) is 0.656. The highest BCUT2D eigenvalue weighted by Gasteiger charge is 2.10. The molecule has 0 aromatic heterocycles. The van der Waals surface area contributed by atoms with Crippen LogP contribution in [0.4, 0.5) is 11.4 Å². The maximum absolute atomic E-state index is 10.7. The Hall–Kier alpha value is -2.36. The molecule has 18 heavy (non-hydrogen) atoms. The lowest BCUT2D eigenvalue weighted by Gasteiger charge is -2.15. The summed E-state index contributed by atoms with van der Waals surface area (Å²) in [6.07, 6.45) is 0. The molecule has 2 aromatic carbocycles. The summed E-state index contributed by atoms with van der Waals surface area (Å²) in [6.45, 7) is 1.98. The number of anilines is 1. The maximum atomic E-state index is 10.7. The Bertz CT molecular complexity index is 541. The number of benzene rings is 2. The zero-order valence-corrected chi connectivity index (χ0v) is 10.0. The number of para-hydroxylation sites is 1. The van der Waals surface area contributed by atoms with Crippen molar-refractivity contribution in [1.29, 1.82) is 0 Å². The molecule has 0 aliphatic rings. The van der Waals surface area contributed by atoms with E-state index < -0.39 is 0 Å². The van der Waals surface area contributed by atoms with Crippen LogP contribution in [-0.2, 0) is 0 Å². The van der Waals surface area contributed by atoms with Gasteiger partial charge in [0.25, 0.3) is 5.69 Å². The Labute approximate surface area is 105 Å². The molecule has 0 heterocycles. The molecule has 0 aliphatic heterocycles. The minimum Gasteiger partial charge on any atom is -0.379 e. The fourth-order valence-corrected chi connectivity index (χ4v) is 1.78. The van der Waals surface area contributed by atoms with Crippen LogP contribution in [0.1, 0.15) is 18.5 Å². The standard InChI is InChI=1S/C14H14N2O2/c1-11(15-13-7-3-2-4-8-13)12-6-5-9-14(10-12)16(17)18/h2-11,15H,1H3. The SMILES string of the molecule is CC(Nc1ccccc1)c1cccc([N+](=O)[O-])c1. The number of nitrogens with one attached hydrogen (secondary N) is 1. The summed E-state index contributed by atoms with van der Waals surface area (Å²) in [6, 6.07) is 16.5. The van der Waals surface area contributed by atoms with Gasteiger partial charge in [0.15, 0.2) is 0 Å². The molecule has 1 unspecified atom stereocenters. The zero-order chi connectivity index (χ0) is 13.0. The highest BCUT2D eigenvalue weighted by molar-refractivity contribution is 5.46. The minimum atomic E-state index is -0.376. The monoisotopic (exact) mass is 242 g/mol. The lowest BCUT2D eigenvalue weighted by molar-refractivity contribution is -0.384. The molecule has 92 valence electrons. The second kappa shape index (κ2) is 5.31. The number of nitro groups is 1. The average Bonchev–Trinajstić information content (AvgIpc) is 2.40. The largest absolute Gasteiger partial charge is 0.379 e. The Morgan fingerprint density at radius 1 is 1.11 bits per heavy atom. The molecule has 0 radical (unpaired) electrons. The van der Waals surface area contributed by atoms with Crippen LogP contribution in [0.2, 0.25) is 0 Å². The van der Waals surface area contributed by atoms with Gasteiger partial charge in [-0.2, -0.15) is 0 Å². The molecule has 0 saturated heterocycles. The van der Waals surface area contributed by atoms with Gasteiger partial charge in [-0.3, -0.25) is 10.1 Å². The second-order valence-electron chi connectivity index (χ2n) is 4.08. The normalized spacial score (nSPS) is 11.8. The van der Waals surface area contributed by atoms with E-state index in [0.29, 0.717) is 0 Å². The molecule has 1 N–H and O–H groups in total. The Morgan fingerprint density at radius 2 is 1.83 bits per heavy atom. The van der Waals surface area contributed by atoms with Gasteiger partial charge in [-0.15, -0.1) is 0 Å². The topological polar surface area (TPSA) is 55.2 Å². The van der Waals surface area contributed by atoms with Gasteiger partial charge in [0.2, 0.25) is 0 Å². The van der Waals surface area contributed by atoms with Crippen molar-refractivity contribution in [1.82, 2.24) is 0 Å². The van der Waals surface area contributed by atoms with E-state index in [0.717, 1.165) is 11.3 Å². The number of nitro benzene ring substituents is 1. The predicted octanol–water partition coefficient (Wildman–Crippen LogP) is 3.77. The average molecular weight is 242 g/mol. The fraction of sp³-hybridized carbons (Fsp3) is 0.143. The zero-order valence-electron chi connectivity index (χ0n) is 10.0. The molecule has 4 nitrogen and oxygen atoms in total. The Morgan fingerprint density at radius 3 is 2.50 bits per heavy atom. The summed E-state index contributed by atoms with van der Waals surface area (Å²) >= 11 is 0. The lowest BCUT2D eigenvalue weighted by Crippen LogP contribution is -2.06. The van der Waals surface area contributed by atoms with E-state index in [1.807, 2.05) is 43.3 Å². The molecule has 0 aliphatic carbocycles. The molecule has 4 heteroatoms. The van der Waals surface area contributed by atoms with Crippen molar-refractivity contribution >= 4 is 11.4 Å². The van der Waals surface area contributed by atoms with E-state index >= 15 is 0 Å². The van der Waals surface area contributed by atoms with E-state index in [9.17, 15) is 10.1 Å². The first-order valence-corrected chi connectivity index (χ1v) is 5.73. The Kier molecular flexibility index (Phi) is 3.57. The van der Waals surface area contributed by atoms with Gasteiger partial charge in [-0.25, -0.2) is 0 Å². The third kappa shape index (κ3) is 2.85. The summed E-state index contributed by atoms with van der Waals surface area (Å²) in [5.41, 5.74) is 2.01. The van der Waals surface area contributed by atoms with Crippen LogP contribution in [0, 0.1) is 10.1 Å². The van der Waals surface area contributed by atoms with Crippen molar-refractivity contribution in [2.45, 2.75) is 13.0 Å². The van der Waals surface area contributed by atoms with Crippen LogP contribution in [0.5, 0.6) is 0 Å². The van der Waals surface area contributed by atoms with Crippen LogP contribution in [0.3, 0.4) is 0 Å². The van der Waals surface area contributed by atoms with E-state index in [4.69, 9.17) is 0 Å². The molecule has 0 bridgehead atoms. The third-order valence-corrected chi connectivity index (χ3v) is 2.74. The lowest BCUT2D eigenvalue weighted by atomic mass is 10.1. The number of nitrogens with zero attached hydrogens (tertiary/aromatic N) is 1. The van der Waals surface area contributed by atoms with Crippen LogP contribution in [0.15, 0.2) is 54.6 Å². The molecular weight excluding hydrogens is 228 g/mol. The van der Waals surface area contributed by atoms with Crippen molar-refractivity contribution in [2.75, 3.05) is 5.32 Å². The van der Waals surface area contributed by atoms with Crippen LogP contribution in [-0.4, -0.2) is 4.92 Å². The molecule has 2 aromatic rings. The smallest absolute Gasteiger partial charge is 0.269 e. The first-order valence-electron chi connectivity index (χ1n) is 5.73. The van der Waals surface area contributed by atoms with Crippen molar-refractivity contribution in [3.8, 4) is 0 Å². The van der Waals surface area contributed by atoms with Crippen molar-refractivity contribution < 1.29 is 4.92 Å². The fourth-order valence-electron chi connectivity index (χ4n) is 1.78. The summed E-state index contributed by atoms with van der Waals surface area (Å²) in [4.78, 5) is 10.3. The van der Waals surface area contributed by atoms with Crippen molar-refractivity contribution in [2.24, 2.45) is 0 Å². The van der Waals surface area contributed by atoms with Crippen molar-refractivity contribution in [3.63, 3.8) is 0 Å². The maximum Gasteiger partial charge on any atom is 0.269 e. The van der Waals surface area contributed by atoms with Gasteiger partial charge in [0, 0.05) is 23.9 Å². The molecular formula is C14H14N2O2. The molecule has 0 spiro atoms. The summed E-state index contributed by atoms with van der Waals surface area (Å²) in [7, 11) is 0. The van der Waals surface area contributed by atoms with Crippen LogP contribution >= 0.6 is 0 Å². The molecule has 2 rings (SSSR count). The van der Waals surface area contributed by atoms with Gasteiger partial charge >= 0.3 is 0 Å². The molecule has 0 amide bonds. The first kappa shape index (κ1) is 12.1. The van der Waals surface area contributed by atoms with Gasteiger partial charge in [-0.05, 0) is 24.6 Å². The second-order valence-corrected chi connectivity index (χ2v) is 4.08. The highest BCUT2D eigenvalue weighted by Crippen LogP contribution is 2.22. The van der Waals surface area contributed by atoms with Gasteiger partial charge in [0.1, 0.15) is 0 Å². The van der Waals surface area contributed by atoms with Crippen LogP contribution < -0.4 is 5.32 Å². The number of non-ortho nitro benzene ring substituents is 1. The molecule has 0 fully saturated rings. The predicted molar refractivity (Wildman–Crippen MR) is 71.6 cm³/mol.